The van der Waals surface area contributed by atoms with Crippen molar-refractivity contribution in [3.05, 3.63) is 0 Å². The first-order valence-electron chi connectivity index (χ1n) is 4.24. The van der Waals surface area contributed by atoms with Crippen LogP contribution in [0.2, 0.25) is 0 Å². The van der Waals surface area contributed by atoms with E-state index in [1.165, 1.54) is 17.9 Å². The highest BCUT2D eigenvalue weighted by atomic mass is 32.2. The van der Waals surface area contributed by atoms with E-state index < -0.39 is 0 Å². The Morgan fingerprint density at radius 3 is 2.64 bits per heavy atom. The molecule has 1 unspecified atom stereocenters. The minimum atomic E-state index is -0.0712. The zero-order chi connectivity index (χ0) is 8.10. The second-order valence-corrected chi connectivity index (χ2v) is 5.74. The molecule has 0 aromatic rings. The summed E-state index contributed by atoms with van der Waals surface area (Å²) in [6.07, 6.45) is 3.15. The highest BCUT2D eigenvalue weighted by Gasteiger charge is 2.16. The van der Waals surface area contributed by atoms with Crippen LogP contribution in [-0.4, -0.2) is 27.3 Å². The highest BCUT2D eigenvalue weighted by molar-refractivity contribution is 8.17. The lowest BCUT2D eigenvalue weighted by Gasteiger charge is -2.22. The third-order valence-electron chi connectivity index (χ3n) is 1.83. The highest BCUT2D eigenvalue weighted by Crippen LogP contribution is 2.33. The monoisotopic (exact) mass is 192 g/mol. The summed E-state index contributed by atoms with van der Waals surface area (Å²) >= 11 is 4.02. The predicted molar refractivity (Wildman–Crippen MR) is 54.2 cm³/mol. The summed E-state index contributed by atoms with van der Waals surface area (Å²) in [5, 5.41) is 9.38. The van der Waals surface area contributed by atoms with Gasteiger partial charge in [-0.15, -0.1) is 23.5 Å². The average Bonchev–Trinajstić information content (AvgIpc) is 2.06. The molecule has 1 saturated heterocycles. The molecular formula is C8H16OS2. The van der Waals surface area contributed by atoms with E-state index in [2.05, 4.69) is 0 Å². The molecule has 0 radical (unpaired) electrons. The standard InChI is InChI=1S/C8H16OS2/c1-2-7(9)6-8-10-4-3-5-11-8/h7-9H,2-6H2,1H3. The normalized spacial score (nSPS) is 23.5. The van der Waals surface area contributed by atoms with Gasteiger partial charge in [-0.25, -0.2) is 0 Å². The molecule has 1 N–H and O–H groups in total. The Balaban J connectivity index is 2.13. The Bertz CT molecular complexity index is 102. The van der Waals surface area contributed by atoms with Gasteiger partial charge in [-0.3, -0.25) is 0 Å². The molecule has 1 heterocycles. The van der Waals surface area contributed by atoms with Gasteiger partial charge in [0.25, 0.3) is 0 Å². The van der Waals surface area contributed by atoms with E-state index in [0.717, 1.165) is 12.8 Å². The summed E-state index contributed by atoms with van der Waals surface area (Å²) in [6.45, 7) is 2.04. The van der Waals surface area contributed by atoms with Crippen LogP contribution < -0.4 is 0 Å². The smallest absolute Gasteiger partial charge is 0.0556 e. The fraction of sp³-hybridized carbons (Fsp3) is 1.00. The van der Waals surface area contributed by atoms with Crippen LogP contribution in [0.1, 0.15) is 26.2 Å². The minimum absolute atomic E-state index is 0.0712. The molecule has 0 aromatic carbocycles. The zero-order valence-corrected chi connectivity index (χ0v) is 8.59. The van der Waals surface area contributed by atoms with Gasteiger partial charge in [0, 0.05) is 0 Å². The van der Waals surface area contributed by atoms with Crippen LogP contribution in [0.4, 0.5) is 0 Å². The molecule has 1 aliphatic heterocycles. The summed E-state index contributed by atoms with van der Waals surface area (Å²) in [5.74, 6) is 2.57. The summed E-state index contributed by atoms with van der Waals surface area (Å²) < 4.78 is 0.665. The number of aliphatic hydroxyl groups is 1. The molecule has 1 nitrogen and oxygen atoms in total. The third-order valence-corrected chi connectivity index (χ3v) is 4.83. The third kappa shape index (κ3) is 3.72. The van der Waals surface area contributed by atoms with Crippen molar-refractivity contribution in [2.24, 2.45) is 0 Å². The molecule has 1 fully saturated rings. The van der Waals surface area contributed by atoms with Gasteiger partial charge in [0.1, 0.15) is 0 Å². The average molecular weight is 192 g/mol. The molecule has 0 aliphatic carbocycles. The fourth-order valence-electron chi connectivity index (χ4n) is 1.06. The van der Waals surface area contributed by atoms with Crippen LogP contribution in [0.15, 0.2) is 0 Å². The SMILES string of the molecule is CCC(O)CC1SCCCS1. The fourth-order valence-corrected chi connectivity index (χ4v) is 4.07. The first-order valence-corrected chi connectivity index (χ1v) is 6.34. The van der Waals surface area contributed by atoms with Crippen LogP contribution in [0.5, 0.6) is 0 Å². The molecule has 66 valence electrons. The Morgan fingerprint density at radius 2 is 2.09 bits per heavy atom. The van der Waals surface area contributed by atoms with Gasteiger partial charge in [-0.2, -0.15) is 0 Å². The molecule has 1 rings (SSSR count). The van der Waals surface area contributed by atoms with Gasteiger partial charge in [0.15, 0.2) is 0 Å². The van der Waals surface area contributed by atoms with Crippen LogP contribution in [0.25, 0.3) is 0 Å². The number of hydrogen-bond donors (Lipinski definition) is 1. The molecule has 11 heavy (non-hydrogen) atoms. The van der Waals surface area contributed by atoms with Gasteiger partial charge in [-0.1, -0.05) is 6.92 Å². The molecule has 0 amide bonds. The topological polar surface area (TPSA) is 20.2 Å². The van der Waals surface area contributed by atoms with Gasteiger partial charge in [0.2, 0.25) is 0 Å². The van der Waals surface area contributed by atoms with E-state index in [4.69, 9.17) is 0 Å². The lowest BCUT2D eigenvalue weighted by atomic mass is 10.2. The van der Waals surface area contributed by atoms with Crippen molar-refractivity contribution >= 4 is 23.5 Å². The van der Waals surface area contributed by atoms with Gasteiger partial charge in [0.05, 0.1) is 10.7 Å². The first-order chi connectivity index (χ1) is 5.33. The maximum Gasteiger partial charge on any atom is 0.0556 e. The zero-order valence-electron chi connectivity index (χ0n) is 6.95. The van der Waals surface area contributed by atoms with Crippen molar-refractivity contribution in [3.8, 4) is 0 Å². The van der Waals surface area contributed by atoms with Crippen LogP contribution in [-0.2, 0) is 0 Å². The molecular weight excluding hydrogens is 176 g/mol. The van der Waals surface area contributed by atoms with Crippen molar-refractivity contribution in [3.63, 3.8) is 0 Å². The number of aliphatic hydroxyl groups excluding tert-OH is 1. The molecule has 0 saturated carbocycles. The summed E-state index contributed by atoms with van der Waals surface area (Å²) in [6, 6.07) is 0. The quantitative estimate of drug-likeness (QED) is 0.741. The van der Waals surface area contributed by atoms with Crippen molar-refractivity contribution in [2.75, 3.05) is 11.5 Å². The molecule has 3 heteroatoms. The molecule has 1 aliphatic rings. The summed E-state index contributed by atoms with van der Waals surface area (Å²) in [4.78, 5) is 0. The lowest BCUT2D eigenvalue weighted by Crippen LogP contribution is -2.15. The number of hydrogen-bond acceptors (Lipinski definition) is 3. The molecule has 1 atom stereocenters. The van der Waals surface area contributed by atoms with Crippen LogP contribution in [0.3, 0.4) is 0 Å². The van der Waals surface area contributed by atoms with Gasteiger partial charge < -0.3 is 5.11 Å². The number of thioether (sulfide) groups is 2. The Labute approximate surface area is 77.3 Å². The van der Waals surface area contributed by atoms with Gasteiger partial charge in [-0.05, 0) is 30.8 Å². The van der Waals surface area contributed by atoms with Crippen molar-refractivity contribution in [1.82, 2.24) is 0 Å². The van der Waals surface area contributed by atoms with E-state index in [9.17, 15) is 5.11 Å². The largest absolute Gasteiger partial charge is 0.393 e. The summed E-state index contributed by atoms with van der Waals surface area (Å²) in [5.41, 5.74) is 0. The van der Waals surface area contributed by atoms with Crippen molar-refractivity contribution in [2.45, 2.75) is 36.9 Å². The van der Waals surface area contributed by atoms with E-state index in [1.807, 2.05) is 30.4 Å². The number of rotatable bonds is 3. The van der Waals surface area contributed by atoms with E-state index in [-0.39, 0.29) is 6.10 Å². The minimum Gasteiger partial charge on any atom is -0.393 e. The second-order valence-electron chi connectivity index (χ2n) is 2.82. The maximum absolute atomic E-state index is 9.38. The van der Waals surface area contributed by atoms with Crippen molar-refractivity contribution < 1.29 is 5.11 Å². The van der Waals surface area contributed by atoms with E-state index in [0.29, 0.717) is 4.58 Å². The Kier molecular flexibility index (Phi) is 4.72. The second kappa shape index (κ2) is 5.33. The molecule has 0 bridgehead atoms. The molecule has 0 aromatic heterocycles. The Hall–Kier alpha value is 0.660. The van der Waals surface area contributed by atoms with Gasteiger partial charge >= 0.3 is 0 Å². The Morgan fingerprint density at radius 1 is 1.45 bits per heavy atom. The maximum atomic E-state index is 9.38. The molecule has 0 spiro atoms. The first kappa shape index (κ1) is 9.75. The van der Waals surface area contributed by atoms with Crippen LogP contribution >= 0.6 is 23.5 Å². The lowest BCUT2D eigenvalue weighted by molar-refractivity contribution is 0.165. The van der Waals surface area contributed by atoms with E-state index >= 15 is 0 Å². The summed E-state index contributed by atoms with van der Waals surface area (Å²) in [7, 11) is 0. The van der Waals surface area contributed by atoms with Crippen LogP contribution in [0, 0.1) is 0 Å². The van der Waals surface area contributed by atoms with Crippen molar-refractivity contribution in [1.29, 1.82) is 0 Å². The van der Waals surface area contributed by atoms with E-state index in [1.54, 1.807) is 0 Å². The predicted octanol–water partition coefficient (Wildman–Crippen LogP) is 2.34.